The Hall–Kier alpha value is -3.34. The van der Waals surface area contributed by atoms with E-state index in [1.165, 1.54) is 5.56 Å². The first-order valence-corrected chi connectivity index (χ1v) is 11.6. The lowest BCUT2D eigenvalue weighted by Crippen LogP contribution is -2.49. The molecule has 1 N–H and O–H groups in total. The van der Waals surface area contributed by atoms with Crippen LogP contribution in [-0.4, -0.2) is 23.8 Å². The van der Waals surface area contributed by atoms with Crippen LogP contribution >= 0.6 is 0 Å². The van der Waals surface area contributed by atoms with E-state index in [1.807, 2.05) is 38.1 Å². The summed E-state index contributed by atoms with van der Waals surface area (Å²) in [6.07, 6.45) is 0. The largest absolute Gasteiger partial charge is 0.455 e. The van der Waals surface area contributed by atoms with Crippen molar-refractivity contribution in [2.75, 3.05) is 0 Å². The van der Waals surface area contributed by atoms with E-state index in [4.69, 9.17) is 9.07 Å². The lowest BCUT2D eigenvalue weighted by atomic mass is 9.79. The van der Waals surface area contributed by atoms with Crippen LogP contribution in [0.25, 0.3) is 44.2 Å². The molecule has 0 atom stereocenters. The summed E-state index contributed by atoms with van der Waals surface area (Å²) in [4.78, 5) is 0. The number of para-hydroxylation sites is 1. The molecule has 0 aliphatic carbocycles. The van der Waals surface area contributed by atoms with Crippen LogP contribution in [0.1, 0.15) is 27.7 Å². The van der Waals surface area contributed by atoms with Gasteiger partial charge in [0.05, 0.1) is 11.2 Å². The molecule has 4 aromatic carbocycles. The second-order valence-corrected chi connectivity index (χ2v) is 9.76. The summed E-state index contributed by atoms with van der Waals surface area (Å²) >= 11 is 0. The number of furan rings is 1. The summed E-state index contributed by atoms with van der Waals surface area (Å²) in [5, 5.41) is 12.6. The lowest BCUT2D eigenvalue weighted by Gasteiger charge is -2.37. The van der Waals surface area contributed by atoms with Gasteiger partial charge in [0.15, 0.2) is 0 Å². The molecule has 0 bridgehead atoms. The maximum Gasteiger partial charge on any atom is 0.331 e. The Morgan fingerprint density at radius 3 is 2.18 bits per heavy atom. The van der Waals surface area contributed by atoms with Gasteiger partial charge in [-0.05, 0) is 62.0 Å². The number of benzene rings is 4. The van der Waals surface area contributed by atoms with Crippen molar-refractivity contribution in [3.05, 3.63) is 91.0 Å². The third-order valence-corrected chi connectivity index (χ3v) is 6.79. The number of fused-ring (bicyclic) bond motifs is 3. The van der Waals surface area contributed by atoms with Gasteiger partial charge >= 0.3 is 7.48 Å². The van der Waals surface area contributed by atoms with Gasteiger partial charge in [-0.25, -0.2) is 0 Å². The summed E-state index contributed by atoms with van der Waals surface area (Å²) in [7, 11) is 1.74. The Bertz CT molecular complexity index is 1460. The van der Waals surface area contributed by atoms with Gasteiger partial charge in [0.2, 0.25) is 0 Å². The van der Waals surface area contributed by atoms with Gasteiger partial charge in [-0.1, -0.05) is 78.9 Å². The van der Waals surface area contributed by atoms with Crippen LogP contribution in [-0.2, 0) is 4.65 Å². The third kappa shape index (κ3) is 4.04. The molecule has 5 aromatic rings. The monoisotopic (exact) mass is 447 g/mol. The van der Waals surface area contributed by atoms with E-state index in [9.17, 15) is 5.11 Å². The molecular formula is C30H28BO3. The van der Waals surface area contributed by atoms with Crippen molar-refractivity contribution >= 4 is 34.9 Å². The first kappa shape index (κ1) is 22.5. The Morgan fingerprint density at radius 1 is 0.735 bits per heavy atom. The normalized spacial score (nSPS) is 12.4. The average Bonchev–Trinajstić information content (AvgIpc) is 3.22. The highest BCUT2D eigenvalue weighted by Crippen LogP contribution is 2.36. The van der Waals surface area contributed by atoms with E-state index in [0.717, 1.165) is 44.1 Å². The van der Waals surface area contributed by atoms with Gasteiger partial charge in [-0.15, -0.1) is 0 Å². The van der Waals surface area contributed by atoms with Crippen LogP contribution < -0.4 is 5.46 Å². The number of hydrogen-bond acceptors (Lipinski definition) is 3. The molecule has 0 unspecified atom stereocenters. The van der Waals surface area contributed by atoms with E-state index in [0.29, 0.717) is 0 Å². The highest BCUT2D eigenvalue weighted by atomic mass is 16.5. The second kappa shape index (κ2) is 8.46. The van der Waals surface area contributed by atoms with Crippen molar-refractivity contribution in [1.82, 2.24) is 0 Å². The van der Waals surface area contributed by atoms with Crippen molar-refractivity contribution < 1.29 is 14.2 Å². The first-order chi connectivity index (χ1) is 16.2. The maximum atomic E-state index is 10.5. The van der Waals surface area contributed by atoms with Gasteiger partial charge in [0.1, 0.15) is 11.2 Å². The van der Waals surface area contributed by atoms with Crippen LogP contribution in [0.2, 0.25) is 0 Å². The molecule has 5 rings (SSSR count). The fourth-order valence-corrected chi connectivity index (χ4v) is 4.03. The highest BCUT2D eigenvalue weighted by molar-refractivity contribution is 6.53. The average molecular weight is 447 g/mol. The molecular weight excluding hydrogens is 419 g/mol. The number of rotatable bonds is 6. The topological polar surface area (TPSA) is 42.6 Å². The molecule has 0 amide bonds. The molecule has 0 fully saturated rings. The van der Waals surface area contributed by atoms with Crippen molar-refractivity contribution in [1.29, 1.82) is 0 Å². The molecule has 0 saturated heterocycles. The van der Waals surface area contributed by atoms with Gasteiger partial charge in [0, 0.05) is 16.3 Å². The predicted molar refractivity (Wildman–Crippen MR) is 141 cm³/mol. The zero-order chi connectivity index (χ0) is 23.9. The lowest BCUT2D eigenvalue weighted by molar-refractivity contribution is -0.0893. The Balaban J connectivity index is 1.64. The summed E-state index contributed by atoms with van der Waals surface area (Å²) in [5.41, 5.74) is 5.27. The minimum absolute atomic E-state index is 0.762. The SMILES string of the molecule is CC(C)(O)C(C)(C)O[B]c1ccc(-c2cccc(-c3ccccc3)c2)c2oc3ccccc3c12. The van der Waals surface area contributed by atoms with Gasteiger partial charge in [-0.3, -0.25) is 0 Å². The summed E-state index contributed by atoms with van der Waals surface area (Å²) in [6.45, 7) is 7.29. The molecule has 1 aromatic heterocycles. The van der Waals surface area contributed by atoms with Crippen molar-refractivity contribution in [2.24, 2.45) is 0 Å². The van der Waals surface area contributed by atoms with E-state index in [1.54, 1.807) is 21.3 Å². The van der Waals surface area contributed by atoms with Gasteiger partial charge in [0.25, 0.3) is 0 Å². The molecule has 1 heterocycles. The maximum absolute atomic E-state index is 10.5. The van der Waals surface area contributed by atoms with Crippen LogP contribution in [0, 0.1) is 0 Å². The molecule has 1 radical (unpaired) electrons. The third-order valence-electron chi connectivity index (χ3n) is 6.79. The number of hydrogen-bond donors (Lipinski definition) is 1. The Kier molecular flexibility index (Phi) is 5.59. The Labute approximate surface area is 201 Å². The molecule has 4 heteroatoms. The minimum Gasteiger partial charge on any atom is -0.455 e. The quantitative estimate of drug-likeness (QED) is 0.294. The van der Waals surface area contributed by atoms with Crippen LogP contribution in [0.4, 0.5) is 0 Å². The summed E-state index contributed by atoms with van der Waals surface area (Å²) in [5.74, 6) is 0. The first-order valence-electron chi connectivity index (χ1n) is 11.6. The van der Waals surface area contributed by atoms with Crippen molar-refractivity contribution in [2.45, 2.75) is 38.9 Å². The zero-order valence-corrected chi connectivity index (χ0v) is 20.0. The second-order valence-electron chi connectivity index (χ2n) is 9.76. The molecule has 34 heavy (non-hydrogen) atoms. The number of aliphatic hydroxyl groups is 1. The molecule has 3 nitrogen and oxygen atoms in total. The van der Waals surface area contributed by atoms with Crippen molar-refractivity contribution in [3.8, 4) is 22.3 Å². The smallest absolute Gasteiger partial charge is 0.331 e. The fraction of sp³-hybridized carbons (Fsp3) is 0.200. The van der Waals surface area contributed by atoms with Crippen LogP contribution in [0.5, 0.6) is 0 Å². The predicted octanol–water partition coefficient (Wildman–Crippen LogP) is 6.73. The van der Waals surface area contributed by atoms with Crippen LogP contribution in [0.3, 0.4) is 0 Å². The van der Waals surface area contributed by atoms with Gasteiger partial charge in [-0.2, -0.15) is 0 Å². The van der Waals surface area contributed by atoms with Gasteiger partial charge < -0.3 is 14.2 Å². The van der Waals surface area contributed by atoms with E-state index in [2.05, 4.69) is 66.7 Å². The molecule has 0 aliphatic heterocycles. The summed E-state index contributed by atoms with van der Waals surface area (Å²) in [6, 6.07) is 31.1. The minimum atomic E-state index is -1.00. The molecule has 169 valence electrons. The van der Waals surface area contributed by atoms with E-state index in [-0.39, 0.29) is 0 Å². The standard InChI is InChI=1S/C30H28BO3/c1-29(2,32)30(3,4)34-31-25-18-17-23(28-27(25)24-15-8-9-16-26(24)33-28)22-14-10-13-21(19-22)20-11-6-5-7-12-20/h5-19,32H,1-4H3. The Morgan fingerprint density at radius 2 is 1.41 bits per heavy atom. The molecule has 0 aliphatic rings. The fourth-order valence-electron chi connectivity index (χ4n) is 4.03. The zero-order valence-electron chi connectivity index (χ0n) is 20.0. The highest BCUT2D eigenvalue weighted by Gasteiger charge is 2.36. The van der Waals surface area contributed by atoms with Crippen molar-refractivity contribution in [3.63, 3.8) is 0 Å². The van der Waals surface area contributed by atoms with Crippen LogP contribution in [0.15, 0.2) is 95.4 Å². The molecule has 0 spiro atoms. The van der Waals surface area contributed by atoms with E-state index >= 15 is 0 Å². The summed E-state index contributed by atoms with van der Waals surface area (Å²) < 4.78 is 12.5. The van der Waals surface area contributed by atoms with E-state index < -0.39 is 11.2 Å². The molecule has 0 saturated carbocycles.